The number of nitrogens with one attached hydrogen (secondary N) is 1. The highest BCUT2D eigenvalue weighted by molar-refractivity contribution is 9.10. The maximum Gasteiger partial charge on any atom is 0.196 e. The number of carbonyl (C=O) groups is 1. The molecule has 1 aromatic rings. The Balaban J connectivity index is 2.93. The molecule has 1 heterocycles. The molecule has 0 aliphatic rings. The van der Waals surface area contributed by atoms with E-state index in [2.05, 4.69) is 26.1 Å². The first-order chi connectivity index (χ1) is 4.75. The summed E-state index contributed by atoms with van der Waals surface area (Å²) < 4.78 is 0.651. The largest absolute Gasteiger partial charge is 0.291 e. The molecule has 0 unspecified atom stereocenters. The number of aromatic nitrogens is 2. The third-order valence-electron chi connectivity index (χ3n) is 0.993. The molecule has 5 heteroatoms. The second kappa shape index (κ2) is 3.16. The van der Waals surface area contributed by atoms with E-state index in [9.17, 15) is 4.79 Å². The average molecular weight is 223 g/mol. The first-order valence-electron chi connectivity index (χ1n) is 2.53. The van der Waals surface area contributed by atoms with Crippen molar-refractivity contribution < 1.29 is 4.79 Å². The number of alkyl halides is 1. The summed E-state index contributed by atoms with van der Waals surface area (Å²) in [4.78, 5) is 10.9. The highest BCUT2D eigenvalue weighted by Gasteiger charge is 2.09. The highest BCUT2D eigenvalue weighted by atomic mass is 79.9. The monoisotopic (exact) mass is 222 g/mol. The third-order valence-corrected chi connectivity index (χ3v) is 1.84. The van der Waals surface area contributed by atoms with Crippen LogP contribution in [0.3, 0.4) is 0 Å². The summed E-state index contributed by atoms with van der Waals surface area (Å²) in [7, 11) is 0. The Morgan fingerprint density at radius 2 is 2.60 bits per heavy atom. The van der Waals surface area contributed by atoms with Crippen LogP contribution in [0.1, 0.15) is 10.5 Å². The maximum atomic E-state index is 10.9. The number of carbonyl (C=O) groups excluding carboxylic acids is 1. The van der Waals surface area contributed by atoms with Crippen LogP contribution in [0.2, 0.25) is 0 Å². The van der Waals surface area contributed by atoms with Gasteiger partial charge >= 0.3 is 0 Å². The van der Waals surface area contributed by atoms with Crippen LogP contribution >= 0.6 is 27.5 Å². The lowest BCUT2D eigenvalue weighted by Crippen LogP contribution is -2.01. The van der Waals surface area contributed by atoms with Crippen molar-refractivity contribution in [2.45, 2.75) is 0 Å². The van der Waals surface area contributed by atoms with Crippen molar-refractivity contribution in [3.8, 4) is 0 Å². The van der Waals surface area contributed by atoms with Gasteiger partial charge in [-0.05, 0) is 15.9 Å². The predicted octanol–water partition coefficient (Wildman–Crippen LogP) is 1.59. The molecule has 0 amide bonds. The normalized spacial score (nSPS) is 9.80. The number of rotatable bonds is 2. The molecule has 54 valence electrons. The van der Waals surface area contributed by atoms with Gasteiger partial charge in [0.15, 0.2) is 5.78 Å². The Labute approximate surface area is 70.9 Å². The van der Waals surface area contributed by atoms with Gasteiger partial charge in [0.2, 0.25) is 0 Å². The van der Waals surface area contributed by atoms with E-state index in [1.807, 2.05) is 0 Å². The van der Waals surface area contributed by atoms with Gasteiger partial charge in [-0.1, -0.05) is 0 Å². The van der Waals surface area contributed by atoms with E-state index in [0.29, 0.717) is 10.2 Å². The number of nitrogens with zero attached hydrogens (tertiary/aromatic N) is 1. The van der Waals surface area contributed by atoms with E-state index in [-0.39, 0.29) is 11.7 Å². The van der Waals surface area contributed by atoms with Gasteiger partial charge in [-0.3, -0.25) is 9.89 Å². The van der Waals surface area contributed by atoms with Crippen molar-refractivity contribution in [3.63, 3.8) is 0 Å². The van der Waals surface area contributed by atoms with Gasteiger partial charge in [0, 0.05) is 0 Å². The lowest BCUT2D eigenvalue weighted by molar-refractivity contribution is 0.101. The van der Waals surface area contributed by atoms with Crippen LogP contribution < -0.4 is 0 Å². The van der Waals surface area contributed by atoms with Crippen LogP contribution in [0.25, 0.3) is 0 Å². The zero-order chi connectivity index (χ0) is 7.56. The Bertz CT molecular complexity index is 248. The first-order valence-corrected chi connectivity index (χ1v) is 3.86. The molecule has 0 aromatic carbocycles. The molecule has 1 rings (SSSR count). The van der Waals surface area contributed by atoms with E-state index in [1.54, 1.807) is 0 Å². The van der Waals surface area contributed by atoms with Crippen molar-refractivity contribution in [2.75, 3.05) is 5.88 Å². The SMILES string of the molecule is O=C(CCl)c1[nH]ncc1Br. The van der Waals surface area contributed by atoms with Gasteiger partial charge in [0.25, 0.3) is 0 Å². The van der Waals surface area contributed by atoms with Crippen LogP contribution in [-0.2, 0) is 0 Å². The molecule has 0 atom stereocenters. The van der Waals surface area contributed by atoms with Crippen molar-refractivity contribution in [2.24, 2.45) is 0 Å². The molecule has 0 aliphatic carbocycles. The van der Waals surface area contributed by atoms with Crippen LogP contribution in [0.5, 0.6) is 0 Å². The van der Waals surface area contributed by atoms with Crippen molar-refractivity contribution in [1.82, 2.24) is 10.2 Å². The van der Waals surface area contributed by atoms with Crippen molar-refractivity contribution >= 4 is 33.3 Å². The van der Waals surface area contributed by atoms with Crippen LogP contribution in [0.15, 0.2) is 10.7 Å². The number of Topliss-reactive ketones (excluding diaryl/α,β-unsaturated/α-hetero) is 1. The molecule has 0 saturated heterocycles. The molecule has 10 heavy (non-hydrogen) atoms. The van der Waals surface area contributed by atoms with E-state index in [1.165, 1.54) is 6.20 Å². The molecule has 0 spiro atoms. The number of H-pyrrole nitrogens is 1. The molecule has 3 nitrogen and oxygen atoms in total. The molecule has 0 bridgehead atoms. The quantitative estimate of drug-likeness (QED) is 0.611. The minimum atomic E-state index is -0.161. The van der Waals surface area contributed by atoms with Crippen molar-refractivity contribution in [1.29, 1.82) is 0 Å². The van der Waals surface area contributed by atoms with E-state index in [0.717, 1.165) is 0 Å². The Kier molecular flexibility index (Phi) is 2.45. The van der Waals surface area contributed by atoms with Crippen molar-refractivity contribution in [3.05, 3.63) is 16.4 Å². The van der Waals surface area contributed by atoms with Gasteiger partial charge in [-0.15, -0.1) is 11.6 Å². The zero-order valence-corrected chi connectivity index (χ0v) is 7.24. The number of hydrogen-bond acceptors (Lipinski definition) is 2. The fraction of sp³-hybridized carbons (Fsp3) is 0.200. The summed E-state index contributed by atoms with van der Waals surface area (Å²) in [5.41, 5.74) is 0.426. The Morgan fingerprint density at radius 3 is 3.00 bits per heavy atom. The average Bonchev–Trinajstić information content (AvgIpc) is 2.34. The van der Waals surface area contributed by atoms with Crippen LogP contribution in [0.4, 0.5) is 0 Å². The summed E-state index contributed by atoms with van der Waals surface area (Å²) in [6.45, 7) is 0. The lowest BCUT2D eigenvalue weighted by Gasteiger charge is -1.89. The molecule has 1 N–H and O–H groups in total. The maximum absolute atomic E-state index is 10.9. The fourth-order valence-electron chi connectivity index (χ4n) is 0.534. The number of aromatic amines is 1. The number of hydrogen-bond donors (Lipinski definition) is 1. The predicted molar refractivity (Wildman–Crippen MR) is 41.3 cm³/mol. The summed E-state index contributed by atoms with van der Waals surface area (Å²) in [6.07, 6.45) is 1.51. The van der Waals surface area contributed by atoms with E-state index >= 15 is 0 Å². The lowest BCUT2D eigenvalue weighted by atomic mass is 10.3. The Hall–Kier alpha value is -0.350. The van der Waals surface area contributed by atoms with E-state index in [4.69, 9.17) is 11.6 Å². The fourth-order valence-corrected chi connectivity index (χ4v) is 1.08. The molecule has 0 radical (unpaired) electrons. The Morgan fingerprint density at radius 1 is 1.90 bits per heavy atom. The molecule has 0 saturated carbocycles. The summed E-state index contributed by atoms with van der Waals surface area (Å²) >= 11 is 8.43. The van der Waals surface area contributed by atoms with E-state index < -0.39 is 0 Å². The van der Waals surface area contributed by atoms with Crippen LogP contribution in [-0.4, -0.2) is 21.9 Å². The highest BCUT2D eigenvalue weighted by Crippen LogP contribution is 2.13. The summed E-state index contributed by atoms with van der Waals surface area (Å²) in [5, 5.41) is 6.16. The summed E-state index contributed by atoms with van der Waals surface area (Å²) in [5.74, 6) is -0.188. The third kappa shape index (κ3) is 1.38. The second-order valence-electron chi connectivity index (χ2n) is 1.65. The molecular weight excluding hydrogens is 219 g/mol. The molecule has 1 aromatic heterocycles. The molecular formula is C5H4BrClN2O. The molecule has 0 aliphatic heterocycles. The van der Waals surface area contributed by atoms with Gasteiger partial charge in [-0.2, -0.15) is 5.10 Å². The zero-order valence-electron chi connectivity index (χ0n) is 4.90. The van der Waals surface area contributed by atoms with Crippen LogP contribution in [0, 0.1) is 0 Å². The number of halogens is 2. The first kappa shape index (κ1) is 7.75. The second-order valence-corrected chi connectivity index (χ2v) is 2.77. The van der Waals surface area contributed by atoms with Gasteiger partial charge < -0.3 is 0 Å². The minimum absolute atomic E-state index is 0.0270. The van der Waals surface area contributed by atoms with Gasteiger partial charge in [0.1, 0.15) is 5.69 Å². The smallest absolute Gasteiger partial charge is 0.196 e. The number of ketones is 1. The van der Waals surface area contributed by atoms with Gasteiger partial charge in [0.05, 0.1) is 16.5 Å². The minimum Gasteiger partial charge on any atom is -0.291 e. The standard InChI is InChI=1S/C5H4BrClN2O/c6-3-2-8-9-5(3)4(10)1-7/h2H,1H2,(H,8,9). The molecule has 0 fully saturated rings. The summed E-state index contributed by atoms with van der Waals surface area (Å²) in [6, 6.07) is 0. The van der Waals surface area contributed by atoms with Gasteiger partial charge in [-0.25, -0.2) is 0 Å². The topological polar surface area (TPSA) is 45.8 Å².